The molecule has 0 atom stereocenters. The number of rotatable bonds is 5. The molecule has 0 aliphatic rings. The molecule has 7 nitrogen and oxygen atoms in total. The van der Waals surface area contributed by atoms with Gasteiger partial charge in [0.25, 0.3) is 0 Å². The van der Waals surface area contributed by atoms with Crippen LogP contribution in [0.2, 0.25) is 0 Å². The monoisotopic (exact) mass is 306 g/mol. The standard InChI is InChI=1S/C15H22N4O3/c1-15(2,3)22-14(20)19-12(13(16)17)9-18-10-6-5-7-11(8-10)21-4/h5-9,18H,1-4H3,(H3,16,17)(H,19,20)/b12-9+. The van der Waals surface area contributed by atoms with Crippen LogP contribution in [0.5, 0.6) is 5.75 Å². The fraction of sp³-hybridized carbons (Fsp3) is 0.333. The molecule has 0 saturated heterocycles. The molecule has 0 heterocycles. The minimum atomic E-state index is -0.679. The highest BCUT2D eigenvalue weighted by Crippen LogP contribution is 2.16. The molecule has 1 aromatic carbocycles. The summed E-state index contributed by atoms with van der Waals surface area (Å²) < 4.78 is 10.2. The zero-order valence-corrected chi connectivity index (χ0v) is 13.2. The zero-order valence-electron chi connectivity index (χ0n) is 13.2. The average molecular weight is 306 g/mol. The van der Waals surface area contributed by atoms with Crippen molar-refractivity contribution < 1.29 is 14.3 Å². The van der Waals surface area contributed by atoms with Crippen molar-refractivity contribution in [1.29, 1.82) is 5.41 Å². The maximum atomic E-state index is 11.7. The molecule has 5 N–H and O–H groups in total. The molecular formula is C15H22N4O3. The van der Waals surface area contributed by atoms with Gasteiger partial charge >= 0.3 is 6.09 Å². The Morgan fingerprint density at radius 3 is 2.59 bits per heavy atom. The summed E-state index contributed by atoms with van der Waals surface area (Å²) in [4.78, 5) is 11.7. The van der Waals surface area contributed by atoms with E-state index in [2.05, 4.69) is 10.6 Å². The van der Waals surface area contributed by atoms with E-state index < -0.39 is 11.7 Å². The van der Waals surface area contributed by atoms with Crippen LogP contribution in [0.3, 0.4) is 0 Å². The molecule has 0 radical (unpaired) electrons. The lowest BCUT2D eigenvalue weighted by Crippen LogP contribution is -2.36. The number of hydrogen-bond acceptors (Lipinski definition) is 5. The van der Waals surface area contributed by atoms with Gasteiger partial charge in [-0.25, -0.2) is 4.79 Å². The number of benzene rings is 1. The van der Waals surface area contributed by atoms with Crippen molar-refractivity contribution in [2.75, 3.05) is 12.4 Å². The molecular weight excluding hydrogens is 284 g/mol. The summed E-state index contributed by atoms with van der Waals surface area (Å²) in [6.07, 6.45) is 0.738. The van der Waals surface area contributed by atoms with E-state index in [9.17, 15) is 4.79 Å². The molecule has 1 aromatic rings. The third kappa shape index (κ3) is 6.17. The molecule has 0 spiro atoms. The topological polar surface area (TPSA) is 109 Å². The van der Waals surface area contributed by atoms with E-state index in [1.54, 1.807) is 40.0 Å². The van der Waals surface area contributed by atoms with Crippen molar-refractivity contribution in [1.82, 2.24) is 5.32 Å². The Hall–Kier alpha value is -2.70. The maximum Gasteiger partial charge on any atom is 0.412 e. The van der Waals surface area contributed by atoms with E-state index in [-0.39, 0.29) is 11.5 Å². The van der Waals surface area contributed by atoms with Gasteiger partial charge in [-0.15, -0.1) is 0 Å². The van der Waals surface area contributed by atoms with Gasteiger partial charge in [0.05, 0.1) is 7.11 Å². The number of carbonyl (C=O) groups excluding carboxylic acids is 1. The van der Waals surface area contributed by atoms with Gasteiger partial charge in [-0.3, -0.25) is 10.7 Å². The van der Waals surface area contributed by atoms with Crippen molar-refractivity contribution in [3.05, 3.63) is 36.2 Å². The van der Waals surface area contributed by atoms with E-state index in [0.29, 0.717) is 5.75 Å². The van der Waals surface area contributed by atoms with Gasteiger partial charge < -0.3 is 20.5 Å². The number of ether oxygens (including phenoxy) is 2. The van der Waals surface area contributed by atoms with E-state index in [1.165, 1.54) is 6.20 Å². The number of carbonyl (C=O) groups is 1. The van der Waals surface area contributed by atoms with Crippen molar-refractivity contribution in [3.8, 4) is 5.75 Å². The van der Waals surface area contributed by atoms with Gasteiger partial charge in [0.2, 0.25) is 0 Å². The van der Waals surface area contributed by atoms with E-state index >= 15 is 0 Å². The fourth-order valence-corrected chi connectivity index (χ4v) is 1.46. The molecule has 0 bridgehead atoms. The molecule has 0 aliphatic heterocycles. The number of nitrogens with one attached hydrogen (secondary N) is 3. The van der Waals surface area contributed by atoms with Crippen LogP contribution in [0.1, 0.15) is 20.8 Å². The second kappa shape index (κ2) is 7.35. The Morgan fingerprint density at radius 2 is 2.05 bits per heavy atom. The van der Waals surface area contributed by atoms with Crippen LogP contribution in [0.4, 0.5) is 10.5 Å². The number of anilines is 1. The van der Waals surface area contributed by atoms with E-state index in [1.807, 2.05) is 12.1 Å². The first-order valence-corrected chi connectivity index (χ1v) is 6.66. The highest BCUT2D eigenvalue weighted by atomic mass is 16.6. The number of amides is 1. The molecule has 0 aromatic heterocycles. The quantitative estimate of drug-likeness (QED) is 0.493. The first kappa shape index (κ1) is 17.4. The van der Waals surface area contributed by atoms with Crippen molar-refractivity contribution in [3.63, 3.8) is 0 Å². The van der Waals surface area contributed by atoms with Gasteiger partial charge in [0.1, 0.15) is 22.9 Å². The van der Waals surface area contributed by atoms with E-state index in [0.717, 1.165) is 5.69 Å². The lowest BCUT2D eigenvalue weighted by Gasteiger charge is -2.20. The smallest absolute Gasteiger partial charge is 0.412 e. The first-order valence-electron chi connectivity index (χ1n) is 6.66. The Kier molecular flexibility index (Phi) is 5.80. The Labute approximate surface area is 130 Å². The van der Waals surface area contributed by atoms with Crippen LogP contribution in [-0.4, -0.2) is 24.6 Å². The largest absolute Gasteiger partial charge is 0.497 e. The van der Waals surface area contributed by atoms with Crippen molar-refractivity contribution in [2.24, 2.45) is 5.73 Å². The number of nitrogens with two attached hydrogens (primary N) is 1. The lowest BCUT2D eigenvalue weighted by atomic mass is 10.2. The predicted molar refractivity (Wildman–Crippen MR) is 86.0 cm³/mol. The Bertz CT molecular complexity index is 576. The van der Waals surface area contributed by atoms with Crippen LogP contribution in [-0.2, 0) is 4.74 Å². The predicted octanol–water partition coefficient (Wildman–Crippen LogP) is 2.41. The van der Waals surface area contributed by atoms with Crippen LogP contribution in [0, 0.1) is 5.41 Å². The minimum Gasteiger partial charge on any atom is -0.497 e. The highest BCUT2D eigenvalue weighted by Gasteiger charge is 2.17. The van der Waals surface area contributed by atoms with E-state index in [4.69, 9.17) is 20.6 Å². The molecule has 0 saturated carbocycles. The SMILES string of the molecule is COc1cccc(N/C=C(/NC(=O)OC(C)(C)C)C(=N)N)c1. The molecule has 0 aliphatic carbocycles. The third-order valence-corrected chi connectivity index (χ3v) is 2.38. The first-order chi connectivity index (χ1) is 10.2. The summed E-state index contributed by atoms with van der Waals surface area (Å²) in [5.74, 6) is 0.393. The number of amidine groups is 1. The van der Waals surface area contributed by atoms with Gasteiger partial charge in [-0.05, 0) is 32.9 Å². The molecule has 1 rings (SSSR count). The van der Waals surface area contributed by atoms with Crippen LogP contribution in [0.15, 0.2) is 36.2 Å². The Balaban J connectivity index is 2.78. The Morgan fingerprint density at radius 1 is 1.36 bits per heavy atom. The summed E-state index contributed by atoms with van der Waals surface area (Å²) >= 11 is 0. The van der Waals surface area contributed by atoms with Gasteiger partial charge in [-0.1, -0.05) is 6.07 Å². The number of alkyl carbamates (subject to hydrolysis) is 1. The third-order valence-electron chi connectivity index (χ3n) is 2.38. The molecule has 0 unspecified atom stereocenters. The average Bonchev–Trinajstić information content (AvgIpc) is 2.41. The molecule has 120 valence electrons. The highest BCUT2D eigenvalue weighted by molar-refractivity contribution is 5.97. The molecule has 7 heteroatoms. The summed E-state index contributed by atoms with van der Waals surface area (Å²) in [5.41, 5.74) is 5.65. The van der Waals surface area contributed by atoms with Crippen LogP contribution < -0.4 is 21.1 Å². The lowest BCUT2D eigenvalue weighted by molar-refractivity contribution is 0.0549. The summed E-state index contributed by atoms with van der Waals surface area (Å²) in [6.45, 7) is 5.24. The van der Waals surface area contributed by atoms with Crippen molar-refractivity contribution in [2.45, 2.75) is 26.4 Å². The normalized spacial score (nSPS) is 11.5. The van der Waals surface area contributed by atoms with Gasteiger partial charge in [-0.2, -0.15) is 0 Å². The minimum absolute atomic E-state index is 0.108. The number of methoxy groups -OCH3 is 1. The van der Waals surface area contributed by atoms with Crippen molar-refractivity contribution >= 4 is 17.6 Å². The molecule has 0 fully saturated rings. The zero-order chi connectivity index (χ0) is 16.8. The second-order valence-corrected chi connectivity index (χ2v) is 5.47. The van der Waals surface area contributed by atoms with Gasteiger partial charge in [0.15, 0.2) is 0 Å². The van der Waals surface area contributed by atoms with Crippen LogP contribution >= 0.6 is 0 Å². The summed E-state index contributed by atoms with van der Waals surface area (Å²) in [6, 6.07) is 7.19. The maximum absolute atomic E-state index is 11.7. The second-order valence-electron chi connectivity index (χ2n) is 5.47. The molecule has 22 heavy (non-hydrogen) atoms. The fourth-order valence-electron chi connectivity index (χ4n) is 1.46. The van der Waals surface area contributed by atoms with Crippen LogP contribution in [0.25, 0.3) is 0 Å². The number of hydrogen-bond donors (Lipinski definition) is 4. The van der Waals surface area contributed by atoms with Gasteiger partial charge in [0, 0.05) is 18.0 Å². The molecule has 1 amide bonds. The summed E-state index contributed by atoms with van der Waals surface area (Å²) in [5, 5.41) is 12.9. The summed E-state index contributed by atoms with van der Waals surface area (Å²) in [7, 11) is 1.57.